The zero-order valence-electron chi connectivity index (χ0n) is 11.9. The Kier molecular flexibility index (Phi) is 4.13. The minimum absolute atomic E-state index is 0.0530. The van der Waals surface area contributed by atoms with E-state index in [1.165, 1.54) is 16.6 Å². The van der Waals surface area contributed by atoms with Gasteiger partial charge < -0.3 is 9.88 Å². The highest BCUT2D eigenvalue weighted by atomic mass is 32.1. The number of aromatic nitrogens is 2. The first-order chi connectivity index (χ1) is 10.3. The molecule has 0 bridgehead atoms. The third-order valence-corrected chi connectivity index (χ3v) is 4.54. The van der Waals surface area contributed by atoms with Crippen LogP contribution in [0.5, 0.6) is 0 Å². The van der Waals surface area contributed by atoms with E-state index in [2.05, 4.69) is 28.7 Å². The molecule has 0 radical (unpaired) electrons. The molecule has 3 rings (SSSR count). The van der Waals surface area contributed by atoms with E-state index in [0.29, 0.717) is 6.54 Å². The summed E-state index contributed by atoms with van der Waals surface area (Å²) in [5, 5.41) is 5.50. The fourth-order valence-corrected chi connectivity index (χ4v) is 3.20. The van der Waals surface area contributed by atoms with Crippen LogP contribution in [0.3, 0.4) is 0 Å². The number of nitrogens with one attached hydrogen (secondary N) is 1. The fraction of sp³-hybridized carbons (Fsp3) is 0.250. The van der Waals surface area contributed by atoms with Crippen LogP contribution in [0.4, 0.5) is 0 Å². The molecule has 0 amide bonds. The standard InChI is InChI=1S/C16H17N3OS/c1-12-6-9-21-15(12)10-17-7-8-19-14-5-3-2-4-13(14)18-11-16(19)20/h2-6,9,11,17H,7-8,10H2,1H3. The Balaban J connectivity index is 1.69. The highest BCUT2D eigenvalue weighted by Gasteiger charge is 2.03. The van der Waals surface area contributed by atoms with Crippen molar-refractivity contribution in [1.29, 1.82) is 0 Å². The molecule has 0 aliphatic heterocycles. The molecular formula is C16H17N3OS. The van der Waals surface area contributed by atoms with Crippen molar-refractivity contribution in [3.8, 4) is 0 Å². The lowest BCUT2D eigenvalue weighted by atomic mass is 10.3. The van der Waals surface area contributed by atoms with Crippen LogP contribution in [0, 0.1) is 6.92 Å². The molecule has 0 saturated heterocycles. The van der Waals surface area contributed by atoms with Crippen molar-refractivity contribution in [2.75, 3.05) is 6.54 Å². The lowest BCUT2D eigenvalue weighted by Crippen LogP contribution is -2.27. The summed E-state index contributed by atoms with van der Waals surface area (Å²) in [5.41, 5.74) is 3.01. The van der Waals surface area contributed by atoms with Gasteiger partial charge in [-0.05, 0) is 36.1 Å². The van der Waals surface area contributed by atoms with Gasteiger partial charge in [0.2, 0.25) is 0 Å². The van der Waals surface area contributed by atoms with Crippen LogP contribution in [-0.2, 0) is 13.1 Å². The summed E-state index contributed by atoms with van der Waals surface area (Å²) < 4.78 is 1.77. The molecule has 0 spiro atoms. The van der Waals surface area contributed by atoms with Crippen molar-refractivity contribution in [3.05, 3.63) is 62.7 Å². The summed E-state index contributed by atoms with van der Waals surface area (Å²) in [5.74, 6) is 0. The Morgan fingerprint density at radius 3 is 2.95 bits per heavy atom. The number of benzene rings is 1. The van der Waals surface area contributed by atoms with E-state index in [4.69, 9.17) is 0 Å². The molecule has 5 heteroatoms. The highest BCUT2D eigenvalue weighted by Crippen LogP contribution is 2.14. The number of nitrogens with zero attached hydrogens (tertiary/aromatic N) is 2. The molecule has 1 N–H and O–H groups in total. The Labute approximate surface area is 127 Å². The van der Waals surface area contributed by atoms with Gasteiger partial charge in [-0.3, -0.25) is 4.79 Å². The molecule has 2 heterocycles. The topological polar surface area (TPSA) is 46.9 Å². The van der Waals surface area contributed by atoms with E-state index in [1.807, 2.05) is 24.3 Å². The fourth-order valence-electron chi connectivity index (χ4n) is 2.32. The van der Waals surface area contributed by atoms with Crippen LogP contribution in [0.25, 0.3) is 11.0 Å². The van der Waals surface area contributed by atoms with Gasteiger partial charge in [0.05, 0.1) is 17.2 Å². The molecular weight excluding hydrogens is 282 g/mol. The average Bonchev–Trinajstić information content (AvgIpc) is 2.91. The monoisotopic (exact) mass is 299 g/mol. The lowest BCUT2D eigenvalue weighted by molar-refractivity contribution is 0.598. The van der Waals surface area contributed by atoms with Gasteiger partial charge in [-0.2, -0.15) is 0 Å². The van der Waals surface area contributed by atoms with E-state index < -0.39 is 0 Å². The minimum Gasteiger partial charge on any atom is -0.310 e. The average molecular weight is 299 g/mol. The minimum atomic E-state index is -0.0530. The molecule has 2 aromatic heterocycles. The summed E-state index contributed by atoms with van der Waals surface area (Å²) in [6.45, 7) is 4.37. The second-order valence-corrected chi connectivity index (χ2v) is 5.94. The van der Waals surface area contributed by atoms with Crippen LogP contribution in [0.2, 0.25) is 0 Å². The zero-order valence-corrected chi connectivity index (χ0v) is 12.7. The molecule has 1 aromatic carbocycles. The second-order valence-electron chi connectivity index (χ2n) is 4.94. The quantitative estimate of drug-likeness (QED) is 0.737. The van der Waals surface area contributed by atoms with Gasteiger partial charge in [0.15, 0.2) is 0 Å². The van der Waals surface area contributed by atoms with E-state index in [1.54, 1.807) is 15.9 Å². The van der Waals surface area contributed by atoms with E-state index >= 15 is 0 Å². The number of aryl methyl sites for hydroxylation is 1. The summed E-state index contributed by atoms with van der Waals surface area (Å²) in [7, 11) is 0. The van der Waals surface area contributed by atoms with E-state index in [0.717, 1.165) is 24.1 Å². The second kappa shape index (κ2) is 6.20. The van der Waals surface area contributed by atoms with E-state index in [-0.39, 0.29) is 5.56 Å². The molecule has 4 nitrogen and oxygen atoms in total. The van der Waals surface area contributed by atoms with Gasteiger partial charge in [-0.1, -0.05) is 12.1 Å². The Morgan fingerprint density at radius 2 is 2.14 bits per heavy atom. The lowest BCUT2D eigenvalue weighted by Gasteiger charge is -2.10. The van der Waals surface area contributed by atoms with Gasteiger partial charge in [0.1, 0.15) is 0 Å². The molecule has 0 aliphatic carbocycles. The molecule has 21 heavy (non-hydrogen) atoms. The number of hydrogen-bond donors (Lipinski definition) is 1. The van der Waals surface area contributed by atoms with Gasteiger partial charge >= 0.3 is 0 Å². The SMILES string of the molecule is Cc1ccsc1CNCCn1c(=O)cnc2ccccc21. The normalized spacial score (nSPS) is 11.1. The van der Waals surface area contributed by atoms with Crippen LogP contribution >= 0.6 is 11.3 Å². The number of rotatable bonds is 5. The maximum absolute atomic E-state index is 12.0. The molecule has 0 unspecified atom stereocenters. The Morgan fingerprint density at radius 1 is 1.29 bits per heavy atom. The van der Waals surface area contributed by atoms with Crippen LogP contribution in [0.15, 0.2) is 46.7 Å². The predicted octanol–water partition coefficient (Wildman–Crippen LogP) is 2.56. The van der Waals surface area contributed by atoms with Crippen molar-refractivity contribution >= 4 is 22.4 Å². The first-order valence-corrected chi connectivity index (χ1v) is 7.82. The molecule has 0 fully saturated rings. The van der Waals surface area contributed by atoms with Crippen molar-refractivity contribution in [3.63, 3.8) is 0 Å². The summed E-state index contributed by atoms with van der Waals surface area (Å²) in [6, 6.07) is 9.85. The van der Waals surface area contributed by atoms with Gasteiger partial charge in [-0.25, -0.2) is 4.98 Å². The van der Waals surface area contributed by atoms with Gasteiger partial charge in [0.25, 0.3) is 5.56 Å². The molecule has 0 aliphatic rings. The van der Waals surface area contributed by atoms with Crippen LogP contribution < -0.4 is 10.9 Å². The van der Waals surface area contributed by atoms with E-state index in [9.17, 15) is 4.79 Å². The summed E-state index contributed by atoms with van der Waals surface area (Å²) in [4.78, 5) is 17.5. The number of fused-ring (bicyclic) bond motifs is 1. The van der Waals surface area contributed by atoms with Crippen molar-refractivity contribution in [1.82, 2.24) is 14.9 Å². The highest BCUT2D eigenvalue weighted by molar-refractivity contribution is 7.10. The maximum atomic E-state index is 12.0. The summed E-state index contributed by atoms with van der Waals surface area (Å²) >= 11 is 1.76. The van der Waals surface area contributed by atoms with Gasteiger partial charge in [-0.15, -0.1) is 11.3 Å². The smallest absolute Gasteiger partial charge is 0.269 e. The number of thiophene rings is 1. The van der Waals surface area contributed by atoms with Crippen molar-refractivity contribution in [2.45, 2.75) is 20.0 Å². The molecule has 108 valence electrons. The predicted molar refractivity (Wildman–Crippen MR) is 86.8 cm³/mol. The summed E-state index contributed by atoms with van der Waals surface area (Å²) in [6.07, 6.45) is 1.39. The number of hydrogen-bond acceptors (Lipinski definition) is 4. The zero-order chi connectivity index (χ0) is 14.7. The first-order valence-electron chi connectivity index (χ1n) is 6.94. The largest absolute Gasteiger partial charge is 0.310 e. The Hall–Kier alpha value is -1.98. The number of para-hydroxylation sites is 2. The van der Waals surface area contributed by atoms with Crippen LogP contribution in [-0.4, -0.2) is 16.1 Å². The molecule has 0 atom stereocenters. The first kappa shape index (κ1) is 14.0. The van der Waals surface area contributed by atoms with Crippen molar-refractivity contribution in [2.24, 2.45) is 0 Å². The molecule has 0 saturated carbocycles. The molecule has 3 aromatic rings. The third kappa shape index (κ3) is 3.04. The van der Waals surface area contributed by atoms with Crippen LogP contribution in [0.1, 0.15) is 10.4 Å². The third-order valence-electron chi connectivity index (χ3n) is 3.52. The van der Waals surface area contributed by atoms with Gasteiger partial charge in [0, 0.05) is 24.5 Å². The van der Waals surface area contributed by atoms with Crippen molar-refractivity contribution < 1.29 is 0 Å². The Bertz CT molecular complexity index is 806. The maximum Gasteiger partial charge on any atom is 0.269 e.